The van der Waals surface area contributed by atoms with Gasteiger partial charge in [-0.2, -0.15) is 0 Å². The normalized spacial score (nSPS) is 11.5. The smallest absolute Gasteiger partial charge is 0.337 e. The third kappa shape index (κ3) is 5.96. The van der Waals surface area contributed by atoms with E-state index in [4.69, 9.17) is 32.7 Å². The first-order valence-corrected chi connectivity index (χ1v) is 10.1. The van der Waals surface area contributed by atoms with Crippen molar-refractivity contribution in [2.75, 3.05) is 7.11 Å². The van der Waals surface area contributed by atoms with Crippen LogP contribution in [-0.2, 0) is 11.3 Å². The Morgan fingerprint density at radius 2 is 1.71 bits per heavy atom. The zero-order chi connectivity index (χ0) is 22.4. The van der Waals surface area contributed by atoms with Gasteiger partial charge in [0.25, 0.3) is 5.91 Å². The number of halogens is 2. The highest BCUT2D eigenvalue weighted by molar-refractivity contribution is 6.31. The summed E-state index contributed by atoms with van der Waals surface area (Å²) in [5.41, 5.74) is 2.35. The monoisotopic (exact) mass is 458 g/mol. The zero-order valence-electron chi connectivity index (χ0n) is 16.9. The highest BCUT2D eigenvalue weighted by Crippen LogP contribution is 2.23. The van der Waals surface area contributed by atoms with Crippen LogP contribution in [0, 0.1) is 0 Å². The molecule has 1 aromatic heterocycles. The molecule has 1 amide bonds. The van der Waals surface area contributed by atoms with Crippen molar-refractivity contribution in [1.82, 2.24) is 10.3 Å². The molecule has 0 aliphatic carbocycles. The van der Waals surface area contributed by atoms with E-state index >= 15 is 0 Å². The summed E-state index contributed by atoms with van der Waals surface area (Å²) < 4.78 is 10.5. The Labute approximate surface area is 190 Å². The molecule has 0 aliphatic rings. The molecule has 0 bridgehead atoms. The molecule has 1 heterocycles. The summed E-state index contributed by atoms with van der Waals surface area (Å²) in [6, 6.07) is 15.2. The maximum absolute atomic E-state index is 12.9. The van der Waals surface area contributed by atoms with Crippen LogP contribution in [0.2, 0.25) is 10.0 Å². The summed E-state index contributed by atoms with van der Waals surface area (Å²) in [4.78, 5) is 28.6. The summed E-state index contributed by atoms with van der Waals surface area (Å²) in [6.07, 6.45) is 1.42. The molecule has 0 saturated heterocycles. The van der Waals surface area contributed by atoms with Crippen LogP contribution >= 0.6 is 23.2 Å². The van der Waals surface area contributed by atoms with Gasteiger partial charge in [0.1, 0.15) is 12.2 Å². The maximum atomic E-state index is 12.9. The number of carbonyl (C=O) groups is 2. The molecule has 8 heteroatoms. The molecule has 3 rings (SSSR count). The fourth-order valence-corrected chi connectivity index (χ4v) is 3.10. The lowest BCUT2D eigenvalue weighted by atomic mass is 10.1. The number of nitrogens with zero attached hydrogens (tertiary/aromatic N) is 1. The van der Waals surface area contributed by atoms with Crippen molar-refractivity contribution in [3.63, 3.8) is 0 Å². The number of ether oxygens (including phenoxy) is 2. The topological polar surface area (TPSA) is 77.5 Å². The molecule has 1 N–H and O–H groups in total. The van der Waals surface area contributed by atoms with Crippen LogP contribution in [0.4, 0.5) is 0 Å². The average molecular weight is 459 g/mol. The second-order valence-electron chi connectivity index (χ2n) is 6.73. The lowest BCUT2D eigenvalue weighted by Crippen LogP contribution is -2.27. The first-order chi connectivity index (χ1) is 14.9. The van der Waals surface area contributed by atoms with Crippen molar-refractivity contribution in [2.24, 2.45) is 0 Å². The molecule has 1 atom stereocenters. The number of amides is 1. The lowest BCUT2D eigenvalue weighted by molar-refractivity contribution is 0.0600. The second kappa shape index (κ2) is 10.3. The van der Waals surface area contributed by atoms with Crippen LogP contribution in [0.25, 0.3) is 0 Å². The van der Waals surface area contributed by atoms with Gasteiger partial charge in [0.15, 0.2) is 0 Å². The fourth-order valence-electron chi connectivity index (χ4n) is 2.82. The van der Waals surface area contributed by atoms with Gasteiger partial charge in [-0.1, -0.05) is 47.5 Å². The van der Waals surface area contributed by atoms with Gasteiger partial charge in [0, 0.05) is 11.2 Å². The SMILES string of the molecule is COC(=O)c1ccc([C@H](C)NC(=O)c2cc(Cl)cnc2OCc2ccc(Cl)cc2)cc1. The number of hydrogen-bond acceptors (Lipinski definition) is 5. The van der Waals surface area contributed by atoms with Crippen molar-refractivity contribution >= 4 is 35.1 Å². The van der Waals surface area contributed by atoms with E-state index in [2.05, 4.69) is 10.3 Å². The molecular formula is C23H20Cl2N2O4. The van der Waals surface area contributed by atoms with Crippen LogP contribution in [-0.4, -0.2) is 24.0 Å². The van der Waals surface area contributed by atoms with E-state index in [1.807, 2.05) is 19.1 Å². The molecule has 2 aromatic carbocycles. The molecule has 0 fully saturated rings. The van der Waals surface area contributed by atoms with Gasteiger partial charge in [-0.3, -0.25) is 4.79 Å². The van der Waals surface area contributed by atoms with Gasteiger partial charge in [-0.25, -0.2) is 9.78 Å². The highest BCUT2D eigenvalue weighted by Gasteiger charge is 2.18. The predicted octanol–water partition coefficient (Wildman–Crippen LogP) is 5.25. The minimum absolute atomic E-state index is 0.171. The Balaban J connectivity index is 1.72. The maximum Gasteiger partial charge on any atom is 0.337 e. The van der Waals surface area contributed by atoms with E-state index < -0.39 is 5.97 Å². The molecule has 6 nitrogen and oxygen atoms in total. The largest absolute Gasteiger partial charge is 0.472 e. The van der Waals surface area contributed by atoms with Crippen molar-refractivity contribution in [3.8, 4) is 5.88 Å². The third-order valence-corrected chi connectivity index (χ3v) is 4.99. The molecule has 31 heavy (non-hydrogen) atoms. The van der Waals surface area contributed by atoms with E-state index in [0.717, 1.165) is 11.1 Å². The quantitative estimate of drug-likeness (QED) is 0.489. The van der Waals surface area contributed by atoms with Gasteiger partial charge < -0.3 is 14.8 Å². The van der Waals surface area contributed by atoms with Crippen molar-refractivity contribution in [3.05, 3.63) is 93.1 Å². The van der Waals surface area contributed by atoms with E-state index in [-0.39, 0.29) is 30.0 Å². The van der Waals surface area contributed by atoms with Crippen LogP contribution in [0.3, 0.4) is 0 Å². The number of carbonyl (C=O) groups excluding carboxylic acids is 2. The van der Waals surface area contributed by atoms with E-state index in [1.165, 1.54) is 19.4 Å². The number of hydrogen-bond donors (Lipinski definition) is 1. The zero-order valence-corrected chi connectivity index (χ0v) is 18.4. The summed E-state index contributed by atoms with van der Waals surface area (Å²) in [7, 11) is 1.32. The Hall–Kier alpha value is -3.09. The van der Waals surface area contributed by atoms with Crippen LogP contribution in [0.15, 0.2) is 60.8 Å². The lowest BCUT2D eigenvalue weighted by Gasteiger charge is -2.16. The summed E-state index contributed by atoms with van der Waals surface area (Å²) in [5.74, 6) is -0.633. The van der Waals surface area contributed by atoms with Gasteiger partial charge in [0.2, 0.25) is 5.88 Å². The van der Waals surface area contributed by atoms with E-state index in [1.54, 1.807) is 36.4 Å². The van der Waals surface area contributed by atoms with Gasteiger partial charge in [-0.05, 0) is 48.4 Å². The van der Waals surface area contributed by atoms with Crippen LogP contribution in [0.1, 0.15) is 44.8 Å². The number of methoxy groups -OCH3 is 1. The predicted molar refractivity (Wildman–Crippen MR) is 119 cm³/mol. The van der Waals surface area contributed by atoms with Crippen molar-refractivity contribution in [2.45, 2.75) is 19.6 Å². The first kappa shape index (κ1) is 22.6. The number of benzene rings is 2. The molecule has 0 saturated carbocycles. The van der Waals surface area contributed by atoms with Crippen molar-refractivity contribution in [1.29, 1.82) is 0 Å². The highest BCUT2D eigenvalue weighted by atomic mass is 35.5. The minimum Gasteiger partial charge on any atom is -0.472 e. The number of esters is 1. The summed E-state index contributed by atoms with van der Waals surface area (Å²) in [5, 5.41) is 3.84. The summed E-state index contributed by atoms with van der Waals surface area (Å²) in [6.45, 7) is 2.05. The van der Waals surface area contributed by atoms with Crippen LogP contribution in [0.5, 0.6) is 5.88 Å². The number of aromatic nitrogens is 1. The van der Waals surface area contributed by atoms with E-state index in [0.29, 0.717) is 15.6 Å². The number of nitrogens with one attached hydrogen (secondary N) is 1. The molecule has 0 unspecified atom stereocenters. The third-order valence-electron chi connectivity index (χ3n) is 4.53. The second-order valence-corrected chi connectivity index (χ2v) is 7.60. The van der Waals surface area contributed by atoms with E-state index in [9.17, 15) is 9.59 Å². The Morgan fingerprint density at radius 3 is 2.35 bits per heavy atom. The van der Waals surface area contributed by atoms with Gasteiger partial charge in [-0.15, -0.1) is 0 Å². The van der Waals surface area contributed by atoms with Gasteiger partial charge >= 0.3 is 5.97 Å². The van der Waals surface area contributed by atoms with Gasteiger partial charge in [0.05, 0.1) is 23.7 Å². The summed E-state index contributed by atoms with van der Waals surface area (Å²) >= 11 is 12.0. The molecular weight excluding hydrogens is 439 g/mol. The Bertz CT molecular complexity index is 1070. The first-order valence-electron chi connectivity index (χ1n) is 9.39. The van der Waals surface area contributed by atoms with Crippen LogP contribution < -0.4 is 10.1 Å². The molecule has 0 aliphatic heterocycles. The number of pyridine rings is 1. The Morgan fingerprint density at radius 1 is 1.03 bits per heavy atom. The molecule has 0 spiro atoms. The standard InChI is InChI=1S/C23H20Cl2N2O4/c1-14(16-5-7-17(8-6-16)23(29)30-2)27-21(28)20-11-19(25)12-26-22(20)31-13-15-3-9-18(24)10-4-15/h3-12,14H,13H2,1-2H3,(H,27,28)/t14-/m0/s1. The molecule has 160 valence electrons. The number of rotatable bonds is 7. The van der Waals surface area contributed by atoms with Crippen molar-refractivity contribution < 1.29 is 19.1 Å². The fraction of sp³-hybridized carbons (Fsp3) is 0.174. The minimum atomic E-state index is -0.421. The molecule has 0 radical (unpaired) electrons. The average Bonchev–Trinajstić information content (AvgIpc) is 2.78. The molecule has 3 aromatic rings. The Kier molecular flexibility index (Phi) is 7.50.